The summed E-state index contributed by atoms with van der Waals surface area (Å²) < 4.78 is 11.0. The number of halogens is 1. The third kappa shape index (κ3) is 6.05. The Balaban J connectivity index is 1.38. The van der Waals surface area contributed by atoms with Gasteiger partial charge in [0.15, 0.2) is 6.61 Å². The standard InChI is InChI=1S/C26H26ClN3O3/c1-32-25-13-8-19(16-28-29-26(31)18-33-23-11-9-22(27)10-12-23)15-21(25)17-30-14-4-6-20-5-2-3-7-24(20)30/h2-3,5,7-13,15-16H,4,6,14,17-18H2,1H3,(H,29,31). The first-order valence-corrected chi connectivity index (χ1v) is 11.2. The maximum Gasteiger partial charge on any atom is 0.277 e. The Hall–Kier alpha value is -3.51. The molecule has 3 aromatic rings. The Kier molecular flexibility index (Phi) is 7.47. The van der Waals surface area contributed by atoms with Crippen molar-refractivity contribution in [2.45, 2.75) is 19.4 Å². The molecule has 0 atom stereocenters. The van der Waals surface area contributed by atoms with Gasteiger partial charge in [0.1, 0.15) is 11.5 Å². The van der Waals surface area contributed by atoms with Crippen molar-refractivity contribution < 1.29 is 14.3 Å². The lowest BCUT2D eigenvalue weighted by Crippen LogP contribution is -2.29. The van der Waals surface area contributed by atoms with E-state index in [0.29, 0.717) is 10.8 Å². The van der Waals surface area contributed by atoms with Crippen LogP contribution in [-0.2, 0) is 17.8 Å². The van der Waals surface area contributed by atoms with Crippen LogP contribution in [0.3, 0.4) is 0 Å². The minimum Gasteiger partial charge on any atom is -0.496 e. The van der Waals surface area contributed by atoms with Gasteiger partial charge in [0.25, 0.3) is 5.91 Å². The molecule has 0 spiro atoms. The minimum atomic E-state index is -0.347. The first-order valence-electron chi connectivity index (χ1n) is 10.8. The molecule has 170 valence electrons. The maximum atomic E-state index is 12.0. The molecule has 33 heavy (non-hydrogen) atoms. The van der Waals surface area contributed by atoms with Crippen molar-refractivity contribution in [3.8, 4) is 11.5 Å². The number of rotatable bonds is 8. The van der Waals surface area contributed by atoms with Crippen molar-refractivity contribution in [1.29, 1.82) is 0 Å². The average molecular weight is 464 g/mol. The molecular formula is C26H26ClN3O3. The Bertz CT molecular complexity index is 1130. The number of para-hydroxylation sites is 1. The molecule has 0 aromatic heterocycles. The molecule has 0 aliphatic carbocycles. The molecule has 1 N–H and O–H groups in total. The van der Waals surface area contributed by atoms with Crippen molar-refractivity contribution in [3.05, 3.63) is 88.4 Å². The highest BCUT2D eigenvalue weighted by atomic mass is 35.5. The van der Waals surface area contributed by atoms with Crippen molar-refractivity contribution in [2.75, 3.05) is 25.2 Å². The summed E-state index contributed by atoms with van der Waals surface area (Å²) in [6.07, 6.45) is 3.86. The highest BCUT2D eigenvalue weighted by Gasteiger charge is 2.18. The van der Waals surface area contributed by atoms with Gasteiger partial charge in [-0.2, -0.15) is 5.10 Å². The van der Waals surface area contributed by atoms with Gasteiger partial charge >= 0.3 is 0 Å². The van der Waals surface area contributed by atoms with Gasteiger partial charge in [-0.25, -0.2) is 5.43 Å². The van der Waals surface area contributed by atoms with Crippen LogP contribution in [0.25, 0.3) is 0 Å². The molecule has 1 heterocycles. The summed E-state index contributed by atoms with van der Waals surface area (Å²) >= 11 is 5.84. The average Bonchev–Trinajstić information content (AvgIpc) is 2.84. The molecule has 6 nitrogen and oxygen atoms in total. The second kappa shape index (κ2) is 10.9. The molecule has 0 bridgehead atoms. The molecule has 0 unspecified atom stereocenters. The van der Waals surface area contributed by atoms with E-state index in [0.717, 1.165) is 42.8 Å². The van der Waals surface area contributed by atoms with E-state index in [1.165, 1.54) is 11.3 Å². The number of fused-ring (bicyclic) bond motifs is 1. The zero-order valence-electron chi connectivity index (χ0n) is 18.5. The molecule has 0 saturated heterocycles. The van der Waals surface area contributed by atoms with E-state index in [9.17, 15) is 4.79 Å². The number of nitrogens with one attached hydrogen (secondary N) is 1. The molecular weight excluding hydrogens is 438 g/mol. The van der Waals surface area contributed by atoms with Crippen LogP contribution in [0.5, 0.6) is 11.5 Å². The maximum absolute atomic E-state index is 12.0. The number of amides is 1. The van der Waals surface area contributed by atoms with E-state index in [2.05, 4.69) is 39.7 Å². The van der Waals surface area contributed by atoms with Gasteiger partial charge in [0, 0.05) is 29.4 Å². The van der Waals surface area contributed by atoms with Gasteiger partial charge < -0.3 is 14.4 Å². The Labute approximate surface area is 198 Å². The van der Waals surface area contributed by atoms with Gasteiger partial charge in [0.05, 0.1) is 13.3 Å². The fraction of sp³-hybridized carbons (Fsp3) is 0.231. The molecule has 0 fully saturated rings. The van der Waals surface area contributed by atoms with Crippen LogP contribution >= 0.6 is 11.6 Å². The number of methoxy groups -OCH3 is 1. The number of hydrazone groups is 1. The number of carbonyl (C=O) groups is 1. The number of ether oxygens (including phenoxy) is 2. The van der Waals surface area contributed by atoms with E-state index in [1.54, 1.807) is 37.6 Å². The molecule has 4 rings (SSSR count). The molecule has 1 amide bonds. The quantitative estimate of drug-likeness (QED) is 0.384. The summed E-state index contributed by atoms with van der Waals surface area (Å²) in [4.78, 5) is 14.4. The highest BCUT2D eigenvalue weighted by molar-refractivity contribution is 6.30. The normalized spacial score (nSPS) is 13.0. The van der Waals surface area contributed by atoms with Crippen molar-refractivity contribution in [2.24, 2.45) is 5.10 Å². The number of hydrogen-bond acceptors (Lipinski definition) is 5. The lowest BCUT2D eigenvalue weighted by molar-refractivity contribution is -0.123. The lowest BCUT2D eigenvalue weighted by Gasteiger charge is -2.31. The fourth-order valence-corrected chi connectivity index (χ4v) is 4.00. The Morgan fingerprint density at radius 1 is 1.15 bits per heavy atom. The third-order valence-electron chi connectivity index (χ3n) is 5.46. The van der Waals surface area contributed by atoms with Gasteiger partial charge in [-0.05, 0) is 72.5 Å². The zero-order chi connectivity index (χ0) is 23.0. The number of aryl methyl sites for hydroxylation is 1. The van der Waals surface area contributed by atoms with Crippen LogP contribution in [0.4, 0.5) is 5.69 Å². The molecule has 0 saturated carbocycles. The van der Waals surface area contributed by atoms with Crippen LogP contribution in [0, 0.1) is 0 Å². The van der Waals surface area contributed by atoms with Crippen molar-refractivity contribution >= 4 is 29.4 Å². The third-order valence-corrected chi connectivity index (χ3v) is 5.71. The predicted octanol–water partition coefficient (Wildman–Crippen LogP) is 4.83. The molecule has 0 radical (unpaired) electrons. The van der Waals surface area contributed by atoms with Gasteiger partial charge in [-0.1, -0.05) is 29.8 Å². The summed E-state index contributed by atoms with van der Waals surface area (Å²) in [5.74, 6) is 1.05. The summed E-state index contributed by atoms with van der Waals surface area (Å²) in [5.41, 5.74) is 7.08. The summed E-state index contributed by atoms with van der Waals surface area (Å²) in [5, 5.41) is 4.68. The first-order chi connectivity index (χ1) is 16.1. The van der Waals surface area contributed by atoms with E-state index >= 15 is 0 Å². The summed E-state index contributed by atoms with van der Waals surface area (Å²) in [6, 6.07) is 21.2. The number of carbonyl (C=O) groups excluding carboxylic acids is 1. The fourth-order valence-electron chi connectivity index (χ4n) is 3.87. The minimum absolute atomic E-state index is 0.138. The van der Waals surface area contributed by atoms with E-state index in [4.69, 9.17) is 21.1 Å². The molecule has 1 aliphatic rings. The number of anilines is 1. The monoisotopic (exact) mass is 463 g/mol. The zero-order valence-corrected chi connectivity index (χ0v) is 19.2. The van der Waals surface area contributed by atoms with Crippen LogP contribution < -0.4 is 19.8 Å². The van der Waals surface area contributed by atoms with Crippen LogP contribution in [0.15, 0.2) is 71.8 Å². The van der Waals surface area contributed by atoms with Crippen molar-refractivity contribution in [3.63, 3.8) is 0 Å². The number of nitrogens with zero attached hydrogens (tertiary/aromatic N) is 2. The van der Waals surface area contributed by atoms with Gasteiger partial charge in [-0.3, -0.25) is 4.79 Å². The molecule has 1 aliphatic heterocycles. The van der Waals surface area contributed by atoms with Gasteiger partial charge in [-0.15, -0.1) is 0 Å². The van der Waals surface area contributed by atoms with Crippen molar-refractivity contribution in [1.82, 2.24) is 5.43 Å². The summed E-state index contributed by atoms with van der Waals surface area (Å²) in [7, 11) is 1.68. The summed E-state index contributed by atoms with van der Waals surface area (Å²) in [6.45, 7) is 1.60. The SMILES string of the molecule is COc1ccc(C=NNC(=O)COc2ccc(Cl)cc2)cc1CN1CCCc2ccccc21. The second-order valence-electron chi connectivity index (χ2n) is 7.76. The van der Waals surface area contributed by atoms with E-state index in [-0.39, 0.29) is 12.5 Å². The van der Waals surface area contributed by atoms with Crippen LogP contribution in [-0.4, -0.2) is 32.4 Å². The van der Waals surface area contributed by atoms with Gasteiger partial charge in [0.2, 0.25) is 0 Å². The lowest BCUT2D eigenvalue weighted by atomic mass is 10.0. The molecule has 3 aromatic carbocycles. The predicted molar refractivity (Wildman–Crippen MR) is 131 cm³/mol. The number of hydrogen-bond donors (Lipinski definition) is 1. The second-order valence-corrected chi connectivity index (χ2v) is 8.20. The van der Waals surface area contributed by atoms with E-state index < -0.39 is 0 Å². The number of benzene rings is 3. The van der Waals surface area contributed by atoms with Crippen LogP contribution in [0.2, 0.25) is 5.02 Å². The smallest absolute Gasteiger partial charge is 0.277 e. The largest absolute Gasteiger partial charge is 0.496 e. The topological polar surface area (TPSA) is 63.2 Å². The Morgan fingerprint density at radius 3 is 2.79 bits per heavy atom. The van der Waals surface area contributed by atoms with E-state index in [1.807, 2.05) is 18.2 Å². The highest BCUT2D eigenvalue weighted by Crippen LogP contribution is 2.30. The molecule has 7 heteroatoms. The Morgan fingerprint density at radius 2 is 1.97 bits per heavy atom. The van der Waals surface area contributed by atoms with Crippen LogP contribution in [0.1, 0.15) is 23.1 Å². The first kappa shape index (κ1) is 22.7.